The average Bonchev–Trinajstić information content (AvgIpc) is 2.84. The van der Waals surface area contributed by atoms with Gasteiger partial charge in [-0.05, 0) is 74.9 Å². The maximum Gasteiger partial charge on any atom is 0.243 e. The average molecular weight is 489 g/mol. The first-order valence-electron chi connectivity index (χ1n) is 12.0. The molecule has 4 rings (SSSR count). The molecular formula is C26H33FN2O4S. The normalized spacial score (nSPS) is 21.9. The predicted molar refractivity (Wildman–Crippen MR) is 129 cm³/mol. The fraction of sp³-hybridized carbons (Fsp3) is 0.500. The number of nitrogens with zero attached hydrogens (tertiary/aromatic N) is 2. The zero-order chi connectivity index (χ0) is 24.2. The van der Waals surface area contributed by atoms with Gasteiger partial charge in [-0.25, -0.2) is 12.8 Å². The van der Waals surface area contributed by atoms with E-state index in [1.807, 2.05) is 35.2 Å². The highest BCUT2D eigenvalue weighted by molar-refractivity contribution is 7.89. The SMILES string of the molecule is Cc1cc(F)ccc1S(=O)(=O)N1CCC[C@](COc2ccccc2)(CC(=O)N2CCCCC2)C1. The third-order valence-electron chi connectivity index (χ3n) is 6.90. The van der Waals surface area contributed by atoms with Gasteiger partial charge in [0, 0.05) is 38.0 Å². The summed E-state index contributed by atoms with van der Waals surface area (Å²) in [5.41, 5.74) is -0.259. The number of sulfonamides is 1. The fourth-order valence-electron chi connectivity index (χ4n) is 5.05. The Morgan fingerprint density at radius 2 is 1.76 bits per heavy atom. The molecule has 0 spiro atoms. The van der Waals surface area contributed by atoms with Gasteiger partial charge in [0.25, 0.3) is 0 Å². The standard InChI is InChI=1S/C26H33FN2O4S/c1-21-17-22(27)11-12-24(21)34(31,32)29-16-8-13-26(19-29,20-33-23-9-4-2-5-10-23)18-25(30)28-14-6-3-7-15-28/h2,4-5,9-12,17H,3,6-8,13-16,18-20H2,1H3/t26-/m0/s1. The summed E-state index contributed by atoms with van der Waals surface area (Å²) in [5, 5.41) is 0. The van der Waals surface area contributed by atoms with Crippen molar-refractivity contribution in [1.29, 1.82) is 0 Å². The maximum atomic E-state index is 13.6. The van der Waals surface area contributed by atoms with E-state index >= 15 is 0 Å². The molecule has 2 saturated heterocycles. The van der Waals surface area contributed by atoms with Crippen LogP contribution in [0.15, 0.2) is 53.4 Å². The van der Waals surface area contributed by atoms with Crippen molar-refractivity contribution in [3.05, 3.63) is 59.9 Å². The molecule has 0 bridgehead atoms. The fourth-order valence-corrected chi connectivity index (χ4v) is 6.85. The van der Waals surface area contributed by atoms with Gasteiger partial charge in [0.05, 0.1) is 11.5 Å². The van der Waals surface area contributed by atoms with Gasteiger partial charge in [-0.2, -0.15) is 4.31 Å². The lowest BCUT2D eigenvalue weighted by atomic mass is 9.78. The van der Waals surface area contributed by atoms with Crippen LogP contribution in [0.5, 0.6) is 5.75 Å². The van der Waals surface area contributed by atoms with Crippen molar-refractivity contribution >= 4 is 15.9 Å². The van der Waals surface area contributed by atoms with Crippen LogP contribution in [0.2, 0.25) is 0 Å². The number of benzene rings is 2. The first kappa shape index (κ1) is 24.7. The van der Waals surface area contributed by atoms with Crippen LogP contribution in [0.3, 0.4) is 0 Å². The van der Waals surface area contributed by atoms with Crippen molar-refractivity contribution < 1.29 is 22.3 Å². The molecular weight excluding hydrogens is 455 g/mol. The Morgan fingerprint density at radius 3 is 2.47 bits per heavy atom. The van der Waals surface area contributed by atoms with Crippen LogP contribution < -0.4 is 4.74 Å². The summed E-state index contributed by atoms with van der Waals surface area (Å²) in [6.07, 6.45) is 4.72. The van der Waals surface area contributed by atoms with Crippen molar-refractivity contribution in [2.45, 2.75) is 50.3 Å². The Balaban J connectivity index is 1.59. The van der Waals surface area contributed by atoms with Crippen LogP contribution in [0, 0.1) is 18.2 Å². The van der Waals surface area contributed by atoms with Gasteiger partial charge >= 0.3 is 0 Å². The first-order valence-corrected chi connectivity index (χ1v) is 13.5. The highest BCUT2D eigenvalue weighted by Gasteiger charge is 2.43. The quantitative estimate of drug-likeness (QED) is 0.580. The summed E-state index contributed by atoms with van der Waals surface area (Å²) in [7, 11) is -3.84. The topological polar surface area (TPSA) is 66.9 Å². The number of carbonyl (C=O) groups is 1. The highest BCUT2D eigenvalue weighted by Crippen LogP contribution is 2.38. The molecule has 0 aromatic heterocycles. The Morgan fingerprint density at radius 1 is 1.03 bits per heavy atom. The number of rotatable bonds is 7. The van der Waals surface area contributed by atoms with E-state index in [9.17, 15) is 17.6 Å². The van der Waals surface area contributed by atoms with E-state index in [0.717, 1.165) is 32.4 Å². The van der Waals surface area contributed by atoms with Crippen molar-refractivity contribution in [1.82, 2.24) is 9.21 Å². The van der Waals surface area contributed by atoms with E-state index < -0.39 is 21.3 Å². The second-order valence-electron chi connectivity index (χ2n) is 9.57. The van der Waals surface area contributed by atoms with Crippen molar-refractivity contribution in [2.75, 3.05) is 32.8 Å². The third-order valence-corrected chi connectivity index (χ3v) is 8.91. The molecule has 0 aliphatic carbocycles. The number of para-hydroxylation sites is 1. The molecule has 2 aliphatic heterocycles. The van der Waals surface area contributed by atoms with Gasteiger partial charge in [-0.3, -0.25) is 4.79 Å². The Bertz CT molecular complexity index is 1100. The lowest BCUT2D eigenvalue weighted by molar-refractivity contribution is -0.136. The number of carbonyl (C=O) groups excluding carboxylic acids is 1. The molecule has 6 nitrogen and oxygen atoms in total. The summed E-state index contributed by atoms with van der Waals surface area (Å²) in [4.78, 5) is 15.3. The summed E-state index contributed by atoms with van der Waals surface area (Å²) in [5.74, 6) is 0.294. The molecule has 1 amide bonds. The molecule has 184 valence electrons. The molecule has 34 heavy (non-hydrogen) atoms. The van der Waals surface area contributed by atoms with E-state index in [-0.39, 0.29) is 30.4 Å². The molecule has 0 N–H and O–H groups in total. The van der Waals surface area contributed by atoms with Gasteiger partial charge < -0.3 is 9.64 Å². The highest BCUT2D eigenvalue weighted by atomic mass is 32.2. The van der Waals surface area contributed by atoms with Crippen LogP contribution in [0.4, 0.5) is 4.39 Å². The third kappa shape index (κ3) is 5.61. The van der Waals surface area contributed by atoms with Crippen molar-refractivity contribution in [3.63, 3.8) is 0 Å². The van der Waals surface area contributed by atoms with E-state index in [2.05, 4.69) is 0 Å². The molecule has 2 aromatic rings. The van der Waals surface area contributed by atoms with Crippen LogP contribution in [0.25, 0.3) is 0 Å². The minimum Gasteiger partial charge on any atom is -0.493 e. The monoisotopic (exact) mass is 488 g/mol. The summed E-state index contributed by atoms with van der Waals surface area (Å²) in [6.45, 7) is 3.93. The number of aryl methyl sites for hydroxylation is 1. The molecule has 2 aromatic carbocycles. The Kier molecular flexibility index (Phi) is 7.57. The zero-order valence-corrected chi connectivity index (χ0v) is 20.5. The lowest BCUT2D eigenvalue weighted by Gasteiger charge is -2.42. The Labute approximate surface area is 201 Å². The number of likely N-dealkylation sites (tertiary alicyclic amines) is 1. The minimum atomic E-state index is -3.84. The van der Waals surface area contributed by atoms with Crippen LogP contribution in [-0.4, -0.2) is 56.3 Å². The van der Waals surface area contributed by atoms with Gasteiger partial charge in [-0.15, -0.1) is 0 Å². The molecule has 8 heteroatoms. The maximum absolute atomic E-state index is 13.6. The Hall–Kier alpha value is -2.45. The summed E-state index contributed by atoms with van der Waals surface area (Å²) < 4.78 is 48.2. The number of amides is 1. The second-order valence-corrected chi connectivity index (χ2v) is 11.5. The number of hydrogen-bond acceptors (Lipinski definition) is 4. The minimum absolute atomic E-state index is 0.0635. The van der Waals surface area contributed by atoms with E-state index in [1.54, 1.807) is 6.92 Å². The van der Waals surface area contributed by atoms with Gasteiger partial charge in [-0.1, -0.05) is 18.2 Å². The van der Waals surface area contributed by atoms with Gasteiger partial charge in [0.15, 0.2) is 0 Å². The molecule has 1 atom stereocenters. The van der Waals surface area contributed by atoms with Crippen LogP contribution in [0.1, 0.15) is 44.1 Å². The molecule has 2 heterocycles. The van der Waals surface area contributed by atoms with E-state index in [4.69, 9.17) is 4.74 Å². The van der Waals surface area contributed by atoms with Gasteiger partial charge in [0.2, 0.25) is 15.9 Å². The van der Waals surface area contributed by atoms with Crippen LogP contribution in [-0.2, 0) is 14.8 Å². The van der Waals surface area contributed by atoms with Crippen molar-refractivity contribution in [3.8, 4) is 5.75 Å². The second kappa shape index (κ2) is 10.4. The summed E-state index contributed by atoms with van der Waals surface area (Å²) in [6, 6.07) is 13.1. The molecule has 2 aliphatic rings. The van der Waals surface area contributed by atoms with E-state index in [1.165, 1.54) is 22.5 Å². The molecule has 2 fully saturated rings. The zero-order valence-electron chi connectivity index (χ0n) is 19.7. The predicted octanol–water partition coefficient (Wildman–Crippen LogP) is 4.39. The number of halogens is 1. The smallest absolute Gasteiger partial charge is 0.243 e. The summed E-state index contributed by atoms with van der Waals surface area (Å²) >= 11 is 0. The number of ether oxygens (including phenoxy) is 1. The number of hydrogen-bond donors (Lipinski definition) is 0. The van der Waals surface area contributed by atoms with Crippen molar-refractivity contribution in [2.24, 2.45) is 5.41 Å². The first-order chi connectivity index (χ1) is 16.3. The number of piperidine rings is 2. The van der Waals surface area contributed by atoms with Gasteiger partial charge in [0.1, 0.15) is 11.6 Å². The van der Waals surface area contributed by atoms with E-state index in [0.29, 0.717) is 30.7 Å². The molecule has 0 saturated carbocycles. The molecule has 0 radical (unpaired) electrons. The lowest BCUT2D eigenvalue weighted by Crippen LogP contribution is -2.51. The molecule has 0 unspecified atom stereocenters. The largest absolute Gasteiger partial charge is 0.493 e. The van der Waals surface area contributed by atoms with Crippen LogP contribution >= 0.6 is 0 Å².